The number of hydrogen-bond acceptors (Lipinski definition) is 4. The summed E-state index contributed by atoms with van der Waals surface area (Å²) in [5.74, 6) is 0.578. The van der Waals surface area contributed by atoms with Crippen molar-refractivity contribution in [2.45, 2.75) is 25.8 Å². The maximum absolute atomic E-state index is 12.3. The predicted octanol–water partition coefficient (Wildman–Crippen LogP) is 2.05. The Morgan fingerprint density at radius 2 is 2.05 bits per heavy atom. The van der Waals surface area contributed by atoms with E-state index in [2.05, 4.69) is 5.32 Å². The van der Waals surface area contributed by atoms with E-state index < -0.39 is 0 Å². The normalized spacial score (nSPS) is 15.3. The molecule has 1 aromatic rings. The molecule has 0 spiro atoms. The predicted molar refractivity (Wildman–Crippen MR) is 82.1 cm³/mol. The number of nitrogens with one attached hydrogen (secondary N) is 1. The van der Waals surface area contributed by atoms with E-state index in [4.69, 9.17) is 9.47 Å². The fourth-order valence-electron chi connectivity index (χ4n) is 2.50. The second kappa shape index (κ2) is 7.68. The van der Waals surface area contributed by atoms with E-state index >= 15 is 0 Å². The lowest BCUT2D eigenvalue weighted by Gasteiger charge is -2.31. The first-order chi connectivity index (χ1) is 10.6. The van der Waals surface area contributed by atoms with Gasteiger partial charge in [-0.2, -0.15) is 0 Å². The smallest absolute Gasteiger partial charge is 0.409 e. The summed E-state index contributed by atoms with van der Waals surface area (Å²) >= 11 is 0. The van der Waals surface area contributed by atoms with Crippen molar-refractivity contribution in [3.05, 3.63) is 29.8 Å². The van der Waals surface area contributed by atoms with Crippen LogP contribution in [0.15, 0.2) is 24.3 Å². The molecule has 0 bridgehead atoms. The number of likely N-dealkylation sites (tertiary alicyclic amines) is 1. The fraction of sp³-hybridized carbons (Fsp3) is 0.500. The molecule has 2 rings (SSSR count). The van der Waals surface area contributed by atoms with Crippen LogP contribution in [0.3, 0.4) is 0 Å². The third-order valence-corrected chi connectivity index (χ3v) is 3.67. The summed E-state index contributed by atoms with van der Waals surface area (Å²) in [6.45, 7) is 3.66. The average Bonchev–Trinajstić information content (AvgIpc) is 2.55. The van der Waals surface area contributed by atoms with Gasteiger partial charge in [0.15, 0.2) is 0 Å². The van der Waals surface area contributed by atoms with Crippen LogP contribution in [0.25, 0.3) is 0 Å². The molecule has 0 saturated carbocycles. The number of carbonyl (C=O) groups excluding carboxylic acids is 2. The zero-order valence-electron chi connectivity index (χ0n) is 13.0. The maximum Gasteiger partial charge on any atom is 0.409 e. The number of piperidine rings is 1. The third kappa shape index (κ3) is 4.13. The van der Waals surface area contributed by atoms with E-state index in [1.807, 2.05) is 13.0 Å². The van der Waals surface area contributed by atoms with Gasteiger partial charge in [0.1, 0.15) is 5.75 Å². The molecular weight excluding hydrogens is 284 g/mol. The van der Waals surface area contributed by atoms with Crippen LogP contribution < -0.4 is 10.1 Å². The van der Waals surface area contributed by atoms with Gasteiger partial charge in [0.25, 0.3) is 5.91 Å². The van der Waals surface area contributed by atoms with Crippen molar-refractivity contribution in [2.75, 3.05) is 26.8 Å². The van der Waals surface area contributed by atoms with Crippen LogP contribution in [-0.4, -0.2) is 49.7 Å². The number of methoxy groups -OCH3 is 1. The van der Waals surface area contributed by atoms with Crippen molar-refractivity contribution in [3.63, 3.8) is 0 Å². The molecule has 2 amide bonds. The summed E-state index contributed by atoms with van der Waals surface area (Å²) in [6, 6.07) is 7.21. The second-order valence-corrected chi connectivity index (χ2v) is 5.17. The van der Waals surface area contributed by atoms with E-state index in [9.17, 15) is 9.59 Å². The minimum absolute atomic E-state index is 0.0733. The summed E-state index contributed by atoms with van der Waals surface area (Å²) in [7, 11) is 1.38. The molecule has 1 aromatic carbocycles. The Morgan fingerprint density at radius 3 is 2.68 bits per heavy atom. The molecule has 1 saturated heterocycles. The summed E-state index contributed by atoms with van der Waals surface area (Å²) < 4.78 is 10.1. The van der Waals surface area contributed by atoms with Gasteiger partial charge in [0.05, 0.1) is 13.7 Å². The van der Waals surface area contributed by atoms with Crippen LogP contribution in [0.5, 0.6) is 5.75 Å². The van der Waals surface area contributed by atoms with Crippen LogP contribution in [0, 0.1) is 0 Å². The molecule has 6 heteroatoms. The van der Waals surface area contributed by atoms with Crippen molar-refractivity contribution in [1.82, 2.24) is 10.2 Å². The molecule has 0 atom stereocenters. The van der Waals surface area contributed by atoms with Crippen LogP contribution in [0.4, 0.5) is 4.79 Å². The lowest BCUT2D eigenvalue weighted by molar-refractivity contribution is 0.0892. The number of carbonyl (C=O) groups is 2. The molecule has 6 nitrogen and oxygen atoms in total. The van der Waals surface area contributed by atoms with E-state index in [0.29, 0.717) is 31.0 Å². The topological polar surface area (TPSA) is 67.9 Å². The van der Waals surface area contributed by atoms with Crippen molar-refractivity contribution < 1.29 is 19.1 Å². The van der Waals surface area contributed by atoms with Gasteiger partial charge in [-0.15, -0.1) is 0 Å². The highest BCUT2D eigenvalue weighted by atomic mass is 16.5. The minimum atomic E-state index is -0.311. The molecule has 1 N–H and O–H groups in total. The standard InChI is InChI=1S/C16H22N2O4/c1-3-22-14-6-4-5-12(11-14)15(19)17-13-7-9-18(10-8-13)16(20)21-2/h4-6,11,13H,3,7-10H2,1-2H3,(H,17,19). The molecule has 1 heterocycles. The lowest BCUT2D eigenvalue weighted by Crippen LogP contribution is -2.46. The van der Waals surface area contributed by atoms with Crippen LogP contribution >= 0.6 is 0 Å². The molecule has 22 heavy (non-hydrogen) atoms. The molecule has 0 radical (unpaired) electrons. The van der Waals surface area contributed by atoms with Crippen molar-refractivity contribution in [2.24, 2.45) is 0 Å². The minimum Gasteiger partial charge on any atom is -0.494 e. The van der Waals surface area contributed by atoms with Gasteiger partial charge in [-0.3, -0.25) is 4.79 Å². The molecule has 1 fully saturated rings. The molecule has 0 aromatic heterocycles. The Balaban J connectivity index is 1.88. The highest BCUT2D eigenvalue weighted by molar-refractivity contribution is 5.94. The first-order valence-corrected chi connectivity index (χ1v) is 7.50. The van der Waals surface area contributed by atoms with Crippen molar-refractivity contribution >= 4 is 12.0 Å². The van der Waals surface area contributed by atoms with Crippen LogP contribution in [0.1, 0.15) is 30.1 Å². The zero-order valence-corrected chi connectivity index (χ0v) is 13.0. The quantitative estimate of drug-likeness (QED) is 0.924. The monoisotopic (exact) mass is 306 g/mol. The van der Waals surface area contributed by atoms with Crippen LogP contribution in [0.2, 0.25) is 0 Å². The van der Waals surface area contributed by atoms with E-state index in [0.717, 1.165) is 12.8 Å². The Bertz CT molecular complexity index is 525. The van der Waals surface area contributed by atoms with Crippen molar-refractivity contribution in [3.8, 4) is 5.75 Å². The molecule has 1 aliphatic rings. The van der Waals surface area contributed by atoms with Gasteiger partial charge in [0, 0.05) is 24.7 Å². The van der Waals surface area contributed by atoms with Crippen LogP contribution in [-0.2, 0) is 4.74 Å². The summed E-state index contributed by atoms with van der Waals surface area (Å²) in [6.07, 6.45) is 1.15. The van der Waals surface area contributed by atoms with Gasteiger partial charge in [-0.25, -0.2) is 4.79 Å². The first-order valence-electron chi connectivity index (χ1n) is 7.50. The summed E-state index contributed by atoms with van der Waals surface area (Å²) in [5, 5.41) is 3.01. The Morgan fingerprint density at radius 1 is 1.32 bits per heavy atom. The average molecular weight is 306 g/mol. The summed E-state index contributed by atoms with van der Waals surface area (Å²) in [5.41, 5.74) is 0.585. The SMILES string of the molecule is CCOc1cccc(C(=O)NC2CCN(C(=O)OC)CC2)c1. The number of rotatable bonds is 4. The number of benzene rings is 1. The zero-order chi connectivity index (χ0) is 15.9. The number of ether oxygens (including phenoxy) is 2. The summed E-state index contributed by atoms with van der Waals surface area (Å²) in [4.78, 5) is 25.3. The fourth-order valence-corrected chi connectivity index (χ4v) is 2.50. The van der Waals surface area contributed by atoms with Gasteiger partial charge >= 0.3 is 6.09 Å². The Labute approximate surface area is 130 Å². The van der Waals surface area contributed by atoms with Gasteiger partial charge < -0.3 is 19.7 Å². The molecular formula is C16H22N2O4. The van der Waals surface area contributed by atoms with E-state index in [-0.39, 0.29) is 18.0 Å². The van der Waals surface area contributed by atoms with Gasteiger partial charge in [-0.1, -0.05) is 6.07 Å². The van der Waals surface area contributed by atoms with E-state index in [1.54, 1.807) is 23.1 Å². The first kappa shape index (κ1) is 16.1. The maximum atomic E-state index is 12.3. The highest BCUT2D eigenvalue weighted by Crippen LogP contribution is 2.15. The number of amides is 2. The largest absolute Gasteiger partial charge is 0.494 e. The number of hydrogen-bond donors (Lipinski definition) is 1. The number of nitrogens with zero attached hydrogens (tertiary/aromatic N) is 1. The second-order valence-electron chi connectivity index (χ2n) is 5.17. The van der Waals surface area contributed by atoms with Gasteiger partial charge in [0.2, 0.25) is 0 Å². The Hall–Kier alpha value is -2.24. The van der Waals surface area contributed by atoms with Crippen molar-refractivity contribution in [1.29, 1.82) is 0 Å². The molecule has 0 unspecified atom stereocenters. The Kier molecular flexibility index (Phi) is 5.63. The molecule has 0 aliphatic carbocycles. The lowest BCUT2D eigenvalue weighted by atomic mass is 10.0. The van der Waals surface area contributed by atoms with E-state index in [1.165, 1.54) is 7.11 Å². The molecule has 120 valence electrons. The van der Waals surface area contributed by atoms with Gasteiger partial charge in [-0.05, 0) is 38.0 Å². The highest BCUT2D eigenvalue weighted by Gasteiger charge is 2.24. The third-order valence-electron chi connectivity index (χ3n) is 3.67. The molecule has 1 aliphatic heterocycles.